The molecule has 0 unspecified atom stereocenters. The molecule has 3 aromatic heterocycles. The Morgan fingerprint density at radius 3 is 2.56 bits per heavy atom. The zero-order valence-corrected chi connectivity index (χ0v) is 19.5. The van der Waals surface area contributed by atoms with Gasteiger partial charge in [0.05, 0.1) is 21.1 Å². The first kappa shape index (κ1) is 22.7. The molecule has 0 radical (unpaired) electrons. The number of para-hydroxylation sites is 1. The monoisotopic (exact) mass is 506 g/mol. The molecule has 1 aromatic carbocycles. The molecule has 4 heterocycles. The van der Waals surface area contributed by atoms with Crippen LogP contribution in [-0.4, -0.2) is 45.2 Å². The van der Waals surface area contributed by atoms with Gasteiger partial charge in [0, 0.05) is 55.4 Å². The molecule has 0 spiro atoms. The fourth-order valence-corrected chi connectivity index (χ4v) is 4.89. The first-order valence-electron chi connectivity index (χ1n) is 10.6. The van der Waals surface area contributed by atoms with Crippen LogP contribution in [0.3, 0.4) is 0 Å². The fourth-order valence-electron chi connectivity index (χ4n) is 4.39. The quantitative estimate of drug-likeness (QED) is 0.341. The Hall–Kier alpha value is -3.04. The molecular weight excluding hydrogens is 488 g/mol. The molecule has 1 atom stereocenters. The second-order valence-electron chi connectivity index (χ2n) is 8.08. The predicted molar refractivity (Wildman–Crippen MR) is 128 cm³/mol. The van der Waals surface area contributed by atoms with E-state index in [9.17, 15) is 13.2 Å². The lowest BCUT2D eigenvalue weighted by Gasteiger charge is -2.41. The minimum Gasteiger partial charge on any atom is -0.352 e. The van der Waals surface area contributed by atoms with Crippen LogP contribution in [0.1, 0.15) is 6.92 Å². The molecule has 176 valence electrons. The first-order chi connectivity index (χ1) is 16.2. The van der Waals surface area contributed by atoms with Crippen LogP contribution in [0.15, 0.2) is 55.0 Å². The molecule has 0 aliphatic carbocycles. The summed E-state index contributed by atoms with van der Waals surface area (Å²) in [6.45, 7) is 3.02. The van der Waals surface area contributed by atoms with Crippen LogP contribution in [-0.2, 0) is 6.30 Å². The van der Waals surface area contributed by atoms with Crippen LogP contribution in [0.4, 0.5) is 24.9 Å². The summed E-state index contributed by atoms with van der Waals surface area (Å²) in [6, 6.07) is 9.70. The number of aromatic nitrogens is 4. The molecule has 0 saturated carbocycles. The predicted octanol–water partition coefficient (Wildman–Crippen LogP) is 5.99. The van der Waals surface area contributed by atoms with Crippen molar-refractivity contribution < 1.29 is 13.2 Å². The van der Waals surface area contributed by atoms with Gasteiger partial charge in [0.2, 0.25) is 5.95 Å². The van der Waals surface area contributed by atoms with Crippen molar-refractivity contribution in [2.75, 3.05) is 29.4 Å². The summed E-state index contributed by atoms with van der Waals surface area (Å²) in [5.41, 5.74) is 1.29. The van der Waals surface area contributed by atoms with Gasteiger partial charge in [0.25, 0.3) is 0 Å². The van der Waals surface area contributed by atoms with Crippen molar-refractivity contribution in [3.8, 4) is 11.1 Å². The van der Waals surface area contributed by atoms with Gasteiger partial charge in [-0.2, -0.15) is 0 Å². The third-order valence-electron chi connectivity index (χ3n) is 5.86. The Labute approximate surface area is 203 Å². The SMILES string of the molecule is C[C@@H]1CN(c2ncc(Cl)cc2Cl)CCN1c1nc2cccc(-c3cccnc3)c2n1C(F)(F)F. The lowest BCUT2D eigenvalue weighted by Crippen LogP contribution is -2.53. The second-order valence-corrected chi connectivity index (χ2v) is 8.92. The molecule has 4 aromatic rings. The third kappa shape index (κ3) is 4.03. The largest absolute Gasteiger partial charge is 0.491 e. The van der Waals surface area contributed by atoms with Gasteiger partial charge < -0.3 is 9.80 Å². The molecule has 0 bridgehead atoms. The van der Waals surface area contributed by atoms with Gasteiger partial charge in [-0.1, -0.05) is 41.4 Å². The number of fused-ring (bicyclic) bond motifs is 1. The maximum absolute atomic E-state index is 14.5. The highest BCUT2D eigenvalue weighted by atomic mass is 35.5. The molecule has 1 saturated heterocycles. The molecule has 1 aliphatic rings. The minimum absolute atomic E-state index is 0.00930. The average molecular weight is 507 g/mol. The van der Waals surface area contributed by atoms with Crippen LogP contribution >= 0.6 is 23.2 Å². The topological polar surface area (TPSA) is 50.1 Å². The van der Waals surface area contributed by atoms with Crippen molar-refractivity contribution in [2.45, 2.75) is 19.3 Å². The van der Waals surface area contributed by atoms with E-state index in [-0.39, 0.29) is 23.0 Å². The zero-order valence-electron chi connectivity index (χ0n) is 18.0. The molecule has 1 aliphatic heterocycles. The van der Waals surface area contributed by atoms with E-state index in [4.69, 9.17) is 23.2 Å². The fraction of sp³-hybridized carbons (Fsp3) is 0.261. The lowest BCUT2D eigenvalue weighted by molar-refractivity contribution is -0.199. The number of imidazole rings is 1. The third-order valence-corrected chi connectivity index (χ3v) is 6.34. The number of hydrogen-bond donors (Lipinski definition) is 0. The molecule has 6 nitrogen and oxygen atoms in total. The van der Waals surface area contributed by atoms with Crippen LogP contribution in [0, 0.1) is 0 Å². The number of anilines is 2. The molecule has 5 rings (SSSR count). The maximum atomic E-state index is 14.5. The summed E-state index contributed by atoms with van der Waals surface area (Å²) in [7, 11) is 0. The van der Waals surface area contributed by atoms with Gasteiger partial charge in [-0.3, -0.25) is 4.98 Å². The van der Waals surface area contributed by atoms with Gasteiger partial charge in [-0.25, -0.2) is 14.5 Å². The van der Waals surface area contributed by atoms with Crippen molar-refractivity contribution in [3.05, 3.63) is 65.0 Å². The Morgan fingerprint density at radius 1 is 1.06 bits per heavy atom. The highest BCUT2D eigenvalue weighted by molar-refractivity contribution is 6.36. The van der Waals surface area contributed by atoms with Crippen molar-refractivity contribution in [2.24, 2.45) is 0 Å². The number of halogens is 5. The summed E-state index contributed by atoms with van der Waals surface area (Å²) in [5.74, 6) is 0.418. The molecule has 0 amide bonds. The van der Waals surface area contributed by atoms with Crippen LogP contribution in [0.25, 0.3) is 22.2 Å². The first-order valence-corrected chi connectivity index (χ1v) is 11.3. The summed E-state index contributed by atoms with van der Waals surface area (Å²) in [4.78, 5) is 16.4. The molecule has 1 fully saturated rings. The highest BCUT2D eigenvalue weighted by Gasteiger charge is 2.40. The second kappa shape index (κ2) is 8.63. The van der Waals surface area contributed by atoms with E-state index < -0.39 is 6.30 Å². The standard InChI is InChI=1S/C23H19Cl2F3N6/c1-14-13-32(21-18(25)10-16(24)12-30-21)8-9-33(14)22-31-19-6-2-5-17(15-4-3-7-29-11-15)20(19)34(22)23(26,27)28/h2-7,10-12,14H,8-9,13H2,1H3/t14-/m1/s1. The van der Waals surface area contributed by atoms with Crippen LogP contribution < -0.4 is 9.80 Å². The zero-order chi connectivity index (χ0) is 24.0. The van der Waals surface area contributed by atoms with Gasteiger partial charge in [-0.15, -0.1) is 13.2 Å². The van der Waals surface area contributed by atoms with E-state index in [1.54, 1.807) is 53.7 Å². The van der Waals surface area contributed by atoms with Gasteiger partial charge in [0.1, 0.15) is 5.82 Å². The maximum Gasteiger partial charge on any atom is 0.491 e. The van der Waals surface area contributed by atoms with E-state index in [1.807, 2.05) is 11.8 Å². The summed E-state index contributed by atoms with van der Waals surface area (Å²) in [5, 5.41) is 0.820. The van der Waals surface area contributed by atoms with E-state index >= 15 is 0 Å². The molecular formula is C23H19Cl2F3N6. The molecule has 11 heteroatoms. The highest BCUT2D eigenvalue weighted by Crippen LogP contribution is 2.39. The summed E-state index contributed by atoms with van der Waals surface area (Å²) in [6.07, 6.45) is -0.0331. The average Bonchev–Trinajstić information content (AvgIpc) is 3.19. The Morgan fingerprint density at radius 2 is 1.88 bits per heavy atom. The van der Waals surface area contributed by atoms with Crippen LogP contribution in [0.5, 0.6) is 0 Å². The summed E-state index contributed by atoms with van der Waals surface area (Å²) < 4.78 is 43.7. The lowest BCUT2D eigenvalue weighted by atomic mass is 10.1. The van der Waals surface area contributed by atoms with Crippen molar-refractivity contribution in [1.29, 1.82) is 0 Å². The Kier molecular flexibility index (Phi) is 5.77. The number of hydrogen-bond acceptors (Lipinski definition) is 5. The number of benzene rings is 1. The minimum atomic E-state index is -4.67. The number of nitrogens with zero attached hydrogens (tertiary/aromatic N) is 6. The van der Waals surface area contributed by atoms with Crippen LogP contribution in [0.2, 0.25) is 10.0 Å². The number of rotatable bonds is 3. The number of alkyl halides is 3. The van der Waals surface area contributed by atoms with Gasteiger partial charge >= 0.3 is 6.30 Å². The number of piperazine rings is 1. The van der Waals surface area contributed by atoms with Crippen molar-refractivity contribution in [3.63, 3.8) is 0 Å². The smallest absolute Gasteiger partial charge is 0.352 e. The Bertz CT molecular complexity index is 1340. The molecule has 0 N–H and O–H groups in total. The Balaban J connectivity index is 1.57. The normalized spacial score (nSPS) is 16.9. The summed E-state index contributed by atoms with van der Waals surface area (Å²) >= 11 is 12.3. The molecule has 34 heavy (non-hydrogen) atoms. The number of pyridine rings is 2. The van der Waals surface area contributed by atoms with E-state index in [1.165, 1.54) is 6.20 Å². The van der Waals surface area contributed by atoms with Gasteiger partial charge in [-0.05, 0) is 25.1 Å². The van der Waals surface area contributed by atoms with Crippen molar-refractivity contribution >= 4 is 46.0 Å². The van der Waals surface area contributed by atoms with E-state index in [0.717, 1.165) is 0 Å². The van der Waals surface area contributed by atoms with E-state index in [0.29, 0.717) is 51.2 Å². The van der Waals surface area contributed by atoms with Crippen molar-refractivity contribution in [1.82, 2.24) is 19.5 Å². The van der Waals surface area contributed by atoms with Gasteiger partial charge in [0.15, 0.2) is 0 Å². The van der Waals surface area contributed by atoms with E-state index in [2.05, 4.69) is 15.0 Å².